The highest BCUT2D eigenvalue weighted by molar-refractivity contribution is 6.10. The molecule has 0 aliphatic carbocycles. The van der Waals surface area contributed by atoms with Gasteiger partial charge in [0.1, 0.15) is 0 Å². The maximum Gasteiger partial charge on any atom is 0.337 e. The molecular weight excluding hydrogens is 434 g/mol. The van der Waals surface area contributed by atoms with E-state index >= 15 is 0 Å². The van der Waals surface area contributed by atoms with Crippen LogP contribution in [0.15, 0.2) is 12.1 Å². The largest absolute Gasteiger partial charge is 0.478 e. The van der Waals surface area contributed by atoms with Crippen LogP contribution in [0.2, 0.25) is 0 Å². The molecule has 0 spiro atoms. The van der Waals surface area contributed by atoms with Crippen LogP contribution in [0.3, 0.4) is 0 Å². The molecule has 0 aliphatic rings. The summed E-state index contributed by atoms with van der Waals surface area (Å²) in [4.78, 5) is 34.1. The molecule has 4 N–H and O–H groups in total. The lowest BCUT2D eigenvalue weighted by Crippen LogP contribution is -2.16. The van der Waals surface area contributed by atoms with Crippen LogP contribution in [-0.2, 0) is 0 Å². The molecule has 0 aromatic heterocycles. The standard InChI is InChI=1S/C27H43NO6/c1-2-3-4-5-6-7-8-9-10-11-12-13-14-15-16-17-18-28-21-19-22(25(29)30)24(27(33)34)23(20-21)26(31)32/h19-20,28H,2-18H2,1H3,(H,29,30)(H,31,32)(H,33,34). The lowest BCUT2D eigenvalue weighted by Gasteiger charge is -2.12. The van der Waals surface area contributed by atoms with Crippen molar-refractivity contribution in [3.8, 4) is 0 Å². The Morgan fingerprint density at radius 2 is 0.941 bits per heavy atom. The molecule has 0 radical (unpaired) electrons. The van der Waals surface area contributed by atoms with Crippen molar-refractivity contribution < 1.29 is 29.7 Å². The van der Waals surface area contributed by atoms with Crippen molar-refractivity contribution in [1.82, 2.24) is 0 Å². The van der Waals surface area contributed by atoms with Gasteiger partial charge in [-0.25, -0.2) is 14.4 Å². The molecule has 1 aromatic carbocycles. The molecular formula is C27H43NO6. The van der Waals surface area contributed by atoms with Crippen molar-refractivity contribution in [1.29, 1.82) is 0 Å². The normalized spacial score (nSPS) is 10.9. The summed E-state index contributed by atoms with van der Waals surface area (Å²) in [6.45, 7) is 2.83. The van der Waals surface area contributed by atoms with Crippen LogP contribution in [0.1, 0.15) is 141 Å². The summed E-state index contributed by atoms with van der Waals surface area (Å²) in [6.07, 6.45) is 20.5. The Labute approximate surface area is 204 Å². The molecule has 1 aromatic rings. The van der Waals surface area contributed by atoms with Gasteiger partial charge in [0.05, 0.1) is 16.7 Å². The van der Waals surface area contributed by atoms with E-state index in [0.29, 0.717) is 12.2 Å². The fraction of sp³-hybridized carbons (Fsp3) is 0.667. The topological polar surface area (TPSA) is 124 Å². The summed E-state index contributed by atoms with van der Waals surface area (Å²) in [5, 5.41) is 30.8. The Balaban J connectivity index is 2.15. The lowest BCUT2D eigenvalue weighted by molar-refractivity contribution is 0.0633. The van der Waals surface area contributed by atoms with E-state index in [4.69, 9.17) is 0 Å². The first-order valence-electron chi connectivity index (χ1n) is 13.0. The van der Waals surface area contributed by atoms with E-state index in [1.54, 1.807) is 0 Å². The number of nitrogens with one attached hydrogen (secondary N) is 1. The van der Waals surface area contributed by atoms with Gasteiger partial charge in [0.2, 0.25) is 0 Å². The molecule has 0 fully saturated rings. The first-order valence-corrected chi connectivity index (χ1v) is 13.0. The molecule has 7 nitrogen and oxygen atoms in total. The zero-order valence-corrected chi connectivity index (χ0v) is 20.7. The second kappa shape index (κ2) is 17.8. The first kappa shape index (κ1) is 29.5. The average molecular weight is 478 g/mol. The smallest absolute Gasteiger partial charge is 0.337 e. The van der Waals surface area contributed by atoms with E-state index < -0.39 is 34.6 Å². The summed E-state index contributed by atoms with van der Waals surface area (Å²) in [6, 6.07) is 2.37. The zero-order valence-electron chi connectivity index (χ0n) is 20.7. The van der Waals surface area contributed by atoms with Crippen molar-refractivity contribution in [3.05, 3.63) is 28.8 Å². The van der Waals surface area contributed by atoms with Crippen LogP contribution in [-0.4, -0.2) is 39.8 Å². The minimum Gasteiger partial charge on any atom is -0.478 e. The molecule has 192 valence electrons. The van der Waals surface area contributed by atoms with Crippen LogP contribution in [0, 0.1) is 0 Å². The highest BCUT2D eigenvalue weighted by Gasteiger charge is 2.25. The minimum absolute atomic E-state index is 0.306. The fourth-order valence-corrected chi connectivity index (χ4v) is 4.22. The van der Waals surface area contributed by atoms with Crippen LogP contribution in [0.25, 0.3) is 0 Å². The molecule has 0 saturated heterocycles. The highest BCUT2D eigenvalue weighted by atomic mass is 16.4. The molecule has 0 atom stereocenters. The van der Waals surface area contributed by atoms with Gasteiger partial charge >= 0.3 is 17.9 Å². The fourth-order valence-electron chi connectivity index (χ4n) is 4.22. The summed E-state index contributed by atoms with van der Waals surface area (Å²) >= 11 is 0. The number of carboxylic acid groups (broad SMARTS) is 3. The predicted octanol–water partition coefficient (Wildman–Crippen LogP) is 7.45. The van der Waals surface area contributed by atoms with Crippen LogP contribution in [0.4, 0.5) is 5.69 Å². The summed E-state index contributed by atoms with van der Waals surface area (Å²) in [5.74, 6) is -4.50. The molecule has 0 saturated carbocycles. The highest BCUT2D eigenvalue weighted by Crippen LogP contribution is 2.22. The Bertz CT molecular complexity index is 726. The molecule has 7 heteroatoms. The first-order chi connectivity index (χ1) is 16.4. The van der Waals surface area contributed by atoms with Gasteiger partial charge < -0.3 is 20.6 Å². The quantitative estimate of drug-likeness (QED) is 0.135. The monoisotopic (exact) mass is 477 g/mol. The number of benzene rings is 1. The summed E-state index contributed by atoms with van der Waals surface area (Å²) in [5.41, 5.74) is -1.45. The average Bonchev–Trinajstić information content (AvgIpc) is 2.80. The van der Waals surface area contributed by atoms with Gasteiger partial charge in [0.15, 0.2) is 0 Å². The minimum atomic E-state index is -1.57. The number of rotatable bonds is 21. The molecule has 0 amide bonds. The number of unbranched alkanes of at least 4 members (excludes halogenated alkanes) is 15. The zero-order chi connectivity index (χ0) is 25.2. The summed E-state index contributed by atoms with van der Waals surface area (Å²) in [7, 11) is 0. The van der Waals surface area contributed by atoms with E-state index in [1.807, 2.05) is 0 Å². The van der Waals surface area contributed by atoms with Gasteiger partial charge in [0, 0.05) is 12.2 Å². The second-order valence-corrected chi connectivity index (χ2v) is 9.09. The van der Waals surface area contributed by atoms with Gasteiger partial charge in [-0.15, -0.1) is 0 Å². The number of hydrogen-bond acceptors (Lipinski definition) is 4. The van der Waals surface area contributed by atoms with Crippen molar-refractivity contribution in [2.45, 2.75) is 110 Å². The molecule has 34 heavy (non-hydrogen) atoms. The Hall–Kier alpha value is -2.57. The molecule has 0 bridgehead atoms. The number of carboxylic acids is 3. The van der Waals surface area contributed by atoms with Crippen molar-refractivity contribution in [2.24, 2.45) is 0 Å². The maximum absolute atomic E-state index is 11.4. The van der Waals surface area contributed by atoms with E-state index in [2.05, 4.69) is 12.2 Å². The number of aromatic carboxylic acids is 3. The maximum atomic E-state index is 11.4. The SMILES string of the molecule is CCCCCCCCCCCCCCCCCCNc1cc(C(=O)O)c(C(=O)O)c(C(=O)O)c1. The second-order valence-electron chi connectivity index (χ2n) is 9.09. The lowest BCUT2D eigenvalue weighted by atomic mass is 9.99. The van der Waals surface area contributed by atoms with Gasteiger partial charge in [-0.05, 0) is 18.6 Å². The third-order valence-electron chi connectivity index (χ3n) is 6.17. The van der Waals surface area contributed by atoms with Gasteiger partial charge in [0.25, 0.3) is 0 Å². The van der Waals surface area contributed by atoms with E-state index in [0.717, 1.165) is 19.3 Å². The molecule has 1 rings (SSSR count). The van der Waals surface area contributed by atoms with Crippen LogP contribution < -0.4 is 5.32 Å². The number of carbonyl (C=O) groups is 3. The van der Waals surface area contributed by atoms with Crippen LogP contribution >= 0.6 is 0 Å². The third kappa shape index (κ3) is 12.1. The number of hydrogen-bond donors (Lipinski definition) is 4. The number of anilines is 1. The molecule has 0 unspecified atom stereocenters. The van der Waals surface area contributed by atoms with Crippen molar-refractivity contribution in [3.63, 3.8) is 0 Å². The molecule has 0 aliphatic heterocycles. The van der Waals surface area contributed by atoms with Gasteiger partial charge in [-0.1, -0.05) is 103 Å². The third-order valence-corrected chi connectivity index (χ3v) is 6.17. The Morgan fingerprint density at radius 3 is 1.26 bits per heavy atom. The Morgan fingerprint density at radius 1 is 0.588 bits per heavy atom. The summed E-state index contributed by atoms with van der Waals surface area (Å²) < 4.78 is 0. The van der Waals surface area contributed by atoms with E-state index in [1.165, 1.54) is 95.6 Å². The predicted molar refractivity (Wildman–Crippen MR) is 135 cm³/mol. The van der Waals surface area contributed by atoms with Crippen LogP contribution in [0.5, 0.6) is 0 Å². The van der Waals surface area contributed by atoms with E-state index in [-0.39, 0.29) is 0 Å². The molecule has 0 heterocycles. The van der Waals surface area contributed by atoms with Crippen molar-refractivity contribution in [2.75, 3.05) is 11.9 Å². The van der Waals surface area contributed by atoms with Gasteiger partial charge in [-0.2, -0.15) is 0 Å². The Kier molecular flexibility index (Phi) is 15.5. The van der Waals surface area contributed by atoms with Crippen molar-refractivity contribution >= 4 is 23.6 Å². The van der Waals surface area contributed by atoms with Gasteiger partial charge in [-0.3, -0.25) is 0 Å². The van der Waals surface area contributed by atoms with E-state index in [9.17, 15) is 29.7 Å².